The van der Waals surface area contributed by atoms with Crippen LogP contribution in [0.15, 0.2) is 42.6 Å². The largest absolute Gasteiger partial charge is 0.325 e. The summed E-state index contributed by atoms with van der Waals surface area (Å²) in [5.41, 5.74) is 0.865. The SMILES string of the molecule is CC(C(=O)Nc1ccccc1C(=O)Nc1ccc(Cl)cn1)C1CNC1.Cl.Cl. The fourth-order valence-corrected chi connectivity index (χ4v) is 2.66. The summed E-state index contributed by atoms with van der Waals surface area (Å²) in [6, 6.07) is 10.2. The average molecular weight is 432 g/mol. The van der Waals surface area contributed by atoms with E-state index in [0.29, 0.717) is 28.0 Å². The Balaban J connectivity index is 0.00000182. The second-order valence-corrected chi connectivity index (χ2v) is 6.49. The number of carbonyl (C=O) groups is 2. The molecule has 9 heteroatoms. The summed E-state index contributed by atoms with van der Waals surface area (Å²) in [5.74, 6) is 0.180. The summed E-state index contributed by atoms with van der Waals surface area (Å²) in [7, 11) is 0. The third kappa shape index (κ3) is 5.81. The lowest BCUT2D eigenvalue weighted by Gasteiger charge is -2.31. The molecule has 0 aliphatic carbocycles. The Labute approximate surface area is 175 Å². The molecule has 0 radical (unpaired) electrons. The molecule has 3 N–H and O–H groups in total. The highest BCUT2D eigenvalue weighted by molar-refractivity contribution is 6.30. The second kappa shape index (κ2) is 10.5. The molecule has 1 saturated heterocycles. The topological polar surface area (TPSA) is 83.1 Å². The zero-order valence-electron chi connectivity index (χ0n) is 14.6. The lowest BCUT2D eigenvalue weighted by molar-refractivity contribution is -0.121. The molecule has 1 unspecified atom stereocenters. The van der Waals surface area contributed by atoms with Crippen LogP contribution in [0.4, 0.5) is 11.5 Å². The predicted molar refractivity (Wildman–Crippen MR) is 112 cm³/mol. The smallest absolute Gasteiger partial charge is 0.258 e. The van der Waals surface area contributed by atoms with Crippen LogP contribution in [0.5, 0.6) is 0 Å². The maximum Gasteiger partial charge on any atom is 0.258 e. The monoisotopic (exact) mass is 430 g/mol. The van der Waals surface area contributed by atoms with Crippen molar-refractivity contribution in [2.45, 2.75) is 6.92 Å². The number of hydrogen-bond donors (Lipinski definition) is 3. The number of aromatic nitrogens is 1. The van der Waals surface area contributed by atoms with Crippen molar-refractivity contribution in [2.24, 2.45) is 11.8 Å². The highest BCUT2D eigenvalue weighted by atomic mass is 35.5. The van der Waals surface area contributed by atoms with Gasteiger partial charge < -0.3 is 16.0 Å². The van der Waals surface area contributed by atoms with Crippen LogP contribution in [0.25, 0.3) is 0 Å². The van der Waals surface area contributed by atoms with Crippen LogP contribution in [0.3, 0.4) is 0 Å². The van der Waals surface area contributed by atoms with Gasteiger partial charge in [0.2, 0.25) is 5.91 Å². The summed E-state index contributed by atoms with van der Waals surface area (Å²) in [6.45, 7) is 3.60. The lowest BCUT2D eigenvalue weighted by atomic mass is 9.88. The number of amides is 2. The number of pyridine rings is 1. The van der Waals surface area contributed by atoms with E-state index in [4.69, 9.17) is 11.6 Å². The summed E-state index contributed by atoms with van der Waals surface area (Å²) in [5, 5.41) is 9.22. The Morgan fingerprint density at radius 3 is 2.44 bits per heavy atom. The fourth-order valence-electron chi connectivity index (χ4n) is 2.55. The van der Waals surface area contributed by atoms with Gasteiger partial charge in [0.15, 0.2) is 0 Å². The number of carbonyl (C=O) groups excluding carboxylic acids is 2. The minimum Gasteiger partial charge on any atom is -0.325 e. The molecule has 1 aliphatic rings. The van der Waals surface area contributed by atoms with Crippen LogP contribution < -0.4 is 16.0 Å². The number of anilines is 2. The molecule has 1 atom stereocenters. The van der Waals surface area contributed by atoms with Crippen molar-refractivity contribution in [2.75, 3.05) is 23.7 Å². The van der Waals surface area contributed by atoms with E-state index < -0.39 is 0 Å². The van der Waals surface area contributed by atoms with Crippen LogP contribution in [-0.4, -0.2) is 29.9 Å². The minimum atomic E-state index is -0.344. The minimum absolute atomic E-state index is 0. The Morgan fingerprint density at radius 1 is 1.15 bits per heavy atom. The van der Waals surface area contributed by atoms with Gasteiger partial charge in [-0.3, -0.25) is 9.59 Å². The van der Waals surface area contributed by atoms with Crippen molar-refractivity contribution in [3.8, 4) is 0 Å². The molecule has 146 valence electrons. The van der Waals surface area contributed by atoms with E-state index in [9.17, 15) is 9.59 Å². The Morgan fingerprint density at radius 2 is 1.85 bits per heavy atom. The normalized spacial score (nSPS) is 14.0. The van der Waals surface area contributed by atoms with Crippen molar-refractivity contribution in [1.82, 2.24) is 10.3 Å². The fraction of sp³-hybridized carbons (Fsp3) is 0.278. The van der Waals surface area contributed by atoms with Gasteiger partial charge in [0, 0.05) is 12.1 Å². The molecular formula is C18H21Cl3N4O2. The van der Waals surface area contributed by atoms with E-state index >= 15 is 0 Å². The first-order valence-electron chi connectivity index (χ1n) is 8.08. The van der Waals surface area contributed by atoms with E-state index in [0.717, 1.165) is 13.1 Å². The molecule has 0 spiro atoms. The van der Waals surface area contributed by atoms with Crippen LogP contribution in [-0.2, 0) is 4.79 Å². The first-order chi connectivity index (χ1) is 12.0. The number of rotatable bonds is 5. The van der Waals surface area contributed by atoms with E-state index in [2.05, 4.69) is 20.9 Å². The third-order valence-corrected chi connectivity index (χ3v) is 4.56. The van der Waals surface area contributed by atoms with E-state index in [1.54, 1.807) is 36.4 Å². The standard InChI is InChI=1S/C18H19ClN4O2.2ClH/c1-11(12-8-20-9-12)17(24)22-15-5-3-2-4-14(15)18(25)23-16-7-6-13(19)10-21-16;;/h2-7,10-12,20H,8-9H2,1H3,(H,22,24)(H,21,23,25);2*1H. The number of halogens is 3. The van der Waals surface area contributed by atoms with Gasteiger partial charge in [-0.2, -0.15) is 0 Å². The number of para-hydroxylation sites is 1. The van der Waals surface area contributed by atoms with Gasteiger partial charge in [-0.05, 0) is 43.3 Å². The molecule has 6 nitrogen and oxygen atoms in total. The van der Waals surface area contributed by atoms with Gasteiger partial charge in [-0.15, -0.1) is 24.8 Å². The average Bonchev–Trinajstić information content (AvgIpc) is 2.55. The van der Waals surface area contributed by atoms with Crippen molar-refractivity contribution in [1.29, 1.82) is 0 Å². The predicted octanol–water partition coefficient (Wildman–Crippen LogP) is 3.62. The molecular weight excluding hydrogens is 411 g/mol. The van der Waals surface area contributed by atoms with Gasteiger partial charge in [-0.25, -0.2) is 4.98 Å². The molecule has 27 heavy (non-hydrogen) atoms. The maximum atomic E-state index is 12.5. The van der Waals surface area contributed by atoms with Gasteiger partial charge >= 0.3 is 0 Å². The van der Waals surface area contributed by atoms with Crippen LogP contribution in [0.1, 0.15) is 17.3 Å². The van der Waals surface area contributed by atoms with Gasteiger partial charge in [-0.1, -0.05) is 30.7 Å². The van der Waals surface area contributed by atoms with Gasteiger partial charge in [0.1, 0.15) is 5.82 Å². The number of nitrogens with zero attached hydrogens (tertiary/aromatic N) is 1. The highest BCUT2D eigenvalue weighted by Gasteiger charge is 2.29. The summed E-state index contributed by atoms with van der Waals surface area (Å²) in [6.07, 6.45) is 1.46. The van der Waals surface area contributed by atoms with E-state index in [1.807, 2.05) is 6.92 Å². The summed E-state index contributed by atoms with van der Waals surface area (Å²) in [4.78, 5) is 29.0. The molecule has 2 aromatic rings. The maximum absolute atomic E-state index is 12.5. The van der Waals surface area contributed by atoms with Crippen molar-refractivity contribution in [3.63, 3.8) is 0 Å². The lowest BCUT2D eigenvalue weighted by Crippen LogP contribution is -2.48. The Hall–Kier alpha value is -1.86. The molecule has 1 aliphatic heterocycles. The number of hydrogen-bond acceptors (Lipinski definition) is 4. The first-order valence-corrected chi connectivity index (χ1v) is 8.46. The molecule has 1 aromatic heterocycles. The van der Waals surface area contributed by atoms with Gasteiger partial charge in [0.05, 0.1) is 16.3 Å². The van der Waals surface area contributed by atoms with E-state index in [1.165, 1.54) is 6.20 Å². The zero-order chi connectivity index (χ0) is 17.8. The molecule has 2 amide bonds. The Bertz CT molecular complexity index is 782. The molecule has 2 heterocycles. The molecule has 1 aromatic carbocycles. The van der Waals surface area contributed by atoms with Gasteiger partial charge in [0.25, 0.3) is 5.91 Å². The van der Waals surface area contributed by atoms with Crippen molar-refractivity contribution in [3.05, 3.63) is 53.2 Å². The molecule has 0 bridgehead atoms. The zero-order valence-corrected chi connectivity index (χ0v) is 17.0. The van der Waals surface area contributed by atoms with E-state index in [-0.39, 0.29) is 42.5 Å². The van der Waals surface area contributed by atoms with Crippen LogP contribution in [0, 0.1) is 11.8 Å². The third-order valence-electron chi connectivity index (χ3n) is 4.33. The molecule has 0 saturated carbocycles. The Kier molecular flexibility index (Phi) is 8.99. The van der Waals surface area contributed by atoms with Crippen molar-refractivity contribution < 1.29 is 9.59 Å². The van der Waals surface area contributed by atoms with Crippen molar-refractivity contribution >= 4 is 59.7 Å². The number of nitrogens with one attached hydrogen (secondary N) is 3. The quantitative estimate of drug-likeness (QED) is 0.675. The van der Waals surface area contributed by atoms with Crippen LogP contribution in [0.2, 0.25) is 5.02 Å². The molecule has 3 rings (SSSR count). The summed E-state index contributed by atoms with van der Waals surface area (Å²) >= 11 is 5.79. The first kappa shape index (κ1) is 23.2. The second-order valence-electron chi connectivity index (χ2n) is 6.06. The molecule has 1 fully saturated rings. The number of benzene rings is 1. The van der Waals surface area contributed by atoms with Crippen LogP contribution >= 0.6 is 36.4 Å². The summed E-state index contributed by atoms with van der Waals surface area (Å²) < 4.78 is 0. The highest BCUT2D eigenvalue weighted by Crippen LogP contribution is 2.21.